The fourth-order valence-electron chi connectivity index (χ4n) is 5.13. The molecule has 4 rings (SSSR count). The molecule has 0 radical (unpaired) electrons. The van der Waals surface area contributed by atoms with Gasteiger partial charge in [-0.15, -0.1) is 0 Å². The van der Waals surface area contributed by atoms with Gasteiger partial charge >= 0.3 is 0 Å². The number of fused-ring (bicyclic) bond motifs is 1. The number of aryl methyl sites for hydroxylation is 2. The number of hydrogen-bond donors (Lipinski definition) is 1. The summed E-state index contributed by atoms with van der Waals surface area (Å²) in [6.07, 6.45) is 8.63. The van der Waals surface area contributed by atoms with Gasteiger partial charge in [-0.3, -0.25) is 9.38 Å². The van der Waals surface area contributed by atoms with Crippen molar-refractivity contribution in [2.75, 3.05) is 13.7 Å². The Labute approximate surface area is 286 Å². The molecule has 0 bridgehead atoms. The van der Waals surface area contributed by atoms with Crippen LogP contribution >= 0.6 is 35.4 Å². The molecule has 0 amide bonds. The van der Waals surface area contributed by atoms with E-state index in [0.717, 1.165) is 49.1 Å². The summed E-state index contributed by atoms with van der Waals surface area (Å²) in [6, 6.07) is 20.8. The lowest BCUT2D eigenvalue weighted by Gasteiger charge is -2.18. The van der Waals surface area contributed by atoms with E-state index in [1.54, 1.807) is 7.05 Å². The first-order valence-electron chi connectivity index (χ1n) is 16.0. The highest BCUT2D eigenvalue weighted by molar-refractivity contribution is 7.78. The smallest absolute Gasteiger partial charge is 0.182 e. The largest absolute Gasteiger partial charge is 0.377 e. The van der Waals surface area contributed by atoms with Gasteiger partial charge < -0.3 is 4.84 Å². The minimum absolute atomic E-state index is 0.156. The van der Waals surface area contributed by atoms with Crippen LogP contribution in [0.25, 0.3) is 11.1 Å². The summed E-state index contributed by atoms with van der Waals surface area (Å²) in [5.41, 5.74) is 13.2. The van der Waals surface area contributed by atoms with E-state index in [9.17, 15) is 4.39 Å². The highest BCUT2D eigenvalue weighted by Gasteiger charge is 2.22. The third-order valence-corrected chi connectivity index (χ3v) is 8.46. The summed E-state index contributed by atoms with van der Waals surface area (Å²) in [5.74, 6) is 1.58. The topological polar surface area (TPSA) is 33.6 Å². The average Bonchev–Trinajstić information content (AvgIpc) is 3.22. The quantitative estimate of drug-likeness (QED) is 0.101. The minimum Gasteiger partial charge on any atom is -0.377 e. The molecule has 0 saturated carbocycles. The Kier molecular flexibility index (Phi) is 18.1. The van der Waals surface area contributed by atoms with Crippen molar-refractivity contribution in [2.24, 2.45) is 10.9 Å². The number of halogens is 3. The van der Waals surface area contributed by atoms with Crippen molar-refractivity contribution in [1.82, 2.24) is 5.48 Å². The molecule has 0 aromatic heterocycles. The van der Waals surface area contributed by atoms with Crippen LogP contribution in [0, 0.1) is 12.8 Å². The van der Waals surface area contributed by atoms with Crippen LogP contribution in [0.1, 0.15) is 106 Å². The Morgan fingerprint density at radius 1 is 1.00 bits per heavy atom. The monoisotopic (exact) mass is 670 g/mol. The van der Waals surface area contributed by atoms with Gasteiger partial charge in [-0.2, -0.15) is 0 Å². The second kappa shape index (κ2) is 21.1. The van der Waals surface area contributed by atoms with Gasteiger partial charge in [0.25, 0.3) is 0 Å². The molecule has 0 heterocycles. The van der Waals surface area contributed by atoms with Crippen molar-refractivity contribution in [3.8, 4) is 0 Å². The molecular formula is C38H49Cl2FN2OS. The van der Waals surface area contributed by atoms with Crippen LogP contribution in [0.5, 0.6) is 0 Å². The summed E-state index contributed by atoms with van der Waals surface area (Å²) in [7, 11) is 1.72. The van der Waals surface area contributed by atoms with E-state index >= 15 is 0 Å². The number of hydrogen-bond acceptors (Lipinski definition) is 3. The van der Waals surface area contributed by atoms with Crippen LogP contribution in [-0.2, 0) is 11.3 Å². The van der Waals surface area contributed by atoms with Gasteiger partial charge in [0.05, 0.1) is 6.67 Å². The maximum absolute atomic E-state index is 11.0. The van der Waals surface area contributed by atoms with Gasteiger partial charge in [-0.25, -0.2) is 5.48 Å². The van der Waals surface area contributed by atoms with E-state index in [2.05, 4.69) is 80.6 Å². The average molecular weight is 672 g/mol. The molecule has 0 aliphatic heterocycles. The molecule has 7 heteroatoms. The van der Waals surface area contributed by atoms with Crippen molar-refractivity contribution < 1.29 is 9.23 Å². The van der Waals surface area contributed by atoms with Gasteiger partial charge in [-0.05, 0) is 102 Å². The molecule has 45 heavy (non-hydrogen) atoms. The highest BCUT2D eigenvalue weighted by Crippen LogP contribution is 2.42. The molecule has 1 aliphatic rings. The van der Waals surface area contributed by atoms with Crippen molar-refractivity contribution in [3.63, 3.8) is 0 Å². The number of allylic oxidation sites excluding steroid dienone is 1. The van der Waals surface area contributed by atoms with E-state index in [1.165, 1.54) is 58.2 Å². The molecule has 0 saturated heterocycles. The summed E-state index contributed by atoms with van der Waals surface area (Å²) in [5, 5.41) is 1.31. The summed E-state index contributed by atoms with van der Waals surface area (Å²) < 4.78 is 11.0. The van der Waals surface area contributed by atoms with Gasteiger partial charge in [-0.1, -0.05) is 125 Å². The van der Waals surface area contributed by atoms with Gasteiger partial charge in [0, 0.05) is 22.7 Å². The number of alkyl halides is 1. The number of amidine groups is 1. The van der Waals surface area contributed by atoms with Crippen LogP contribution in [0.15, 0.2) is 65.7 Å². The Hall–Kier alpha value is -2.73. The Balaban J connectivity index is 0.000000500. The molecule has 3 nitrogen and oxygen atoms in total. The molecule has 3 aromatic carbocycles. The van der Waals surface area contributed by atoms with Crippen LogP contribution in [0.2, 0.25) is 10.0 Å². The molecule has 0 fully saturated rings. The SMILES string of the molecule is CCCC(C)CC.CCCCF.CN=C(NOC=S)c1ccc2c(c1)CCCC(c1ccc(Cl)cc1Cl)=C2c1ccc(C)cc1. The minimum atomic E-state index is -0.156. The zero-order valence-corrected chi connectivity index (χ0v) is 30.0. The van der Waals surface area contributed by atoms with E-state index in [1.807, 2.05) is 25.1 Å². The second-order valence-electron chi connectivity index (χ2n) is 11.3. The molecule has 0 spiro atoms. The number of aliphatic imine (C=N–C) groups is 1. The van der Waals surface area contributed by atoms with Gasteiger partial charge in [0.2, 0.25) is 0 Å². The predicted octanol–water partition coefficient (Wildman–Crippen LogP) is 12.0. The van der Waals surface area contributed by atoms with Crippen LogP contribution < -0.4 is 5.48 Å². The second-order valence-corrected chi connectivity index (χ2v) is 12.3. The van der Waals surface area contributed by atoms with Crippen LogP contribution in [-0.4, -0.2) is 25.1 Å². The maximum Gasteiger partial charge on any atom is 0.182 e. The zero-order valence-electron chi connectivity index (χ0n) is 27.7. The molecule has 244 valence electrons. The molecule has 1 unspecified atom stereocenters. The number of nitrogens with zero attached hydrogens (tertiary/aromatic N) is 1. The van der Waals surface area contributed by atoms with Crippen LogP contribution in [0.4, 0.5) is 4.39 Å². The Morgan fingerprint density at radius 2 is 1.71 bits per heavy atom. The summed E-state index contributed by atoms with van der Waals surface area (Å²) in [4.78, 5) is 9.39. The fraction of sp³-hybridized carbons (Fsp3) is 0.421. The molecule has 1 aliphatic carbocycles. The van der Waals surface area contributed by atoms with Gasteiger partial charge in [0.1, 0.15) is 0 Å². The van der Waals surface area contributed by atoms with E-state index < -0.39 is 0 Å². The number of benzene rings is 3. The number of thiocarbonyl (C=S) groups is 1. The van der Waals surface area contributed by atoms with E-state index in [4.69, 9.17) is 40.3 Å². The summed E-state index contributed by atoms with van der Waals surface area (Å²) in [6.45, 7) is 10.7. The number of unbranched alkanes of at least 4 members (excludes halogenated alkanes) is 1. The number of nitrogens with one attached hydrogen (secondary N) is 1. The normalized spacial score (nSPS) is 13.3. The molecule has 1 atom stereocenters. The number of hydroxylamine groups is 1. The van der Waals surface area contributed by atoms with Crippen molar-refractivity contribution >= 4 is 58.0 Å². The molecule has 1 N–H and O–H groups in total. The van der Waals surface area contributed by atoms with Gasteiger partial charge in [0.15, 0.2) is 11.4 Å². The summed E-state index contributed by atoms with van der Waals surface area (Å²) >= 11 is 17.6. The van der Waals surface area contributed by atoms with Crippen molar-refractivity contribution in [3.05, 3.63) is 104 Å². The highest BCUT2D eigenvalue weighted by atomic mass is 35.5. The predicted molar refractivity (Wildman–Crippen MR) is 199 cm³/mol. The zero-order chi connectivity index (χ0) is 33.2. The van der Waals surface area contributed by atoms with Crippen molar-refractivity contribution in [1.29, 1.82) is 0 Å². The lowest BCUT2D eigenvalue weighted by Crippen LogP contribution is -2.24. The van der Waals surface area contributed by atoms with Crippen molar-refractivity contribution in [2.45, 2.75) is 86.0 Å². The Morgan fingerprint density at radius 3 is 2.24 bits per heavy atom. The maximum atomic E-state index is 11.0. The first-order chi connectivity index (χ1) is 21.7. The standard InChI is InChI=1S/C27H24Cl2N2OS.C7H16.C4H9F/c1-17-6-8-18(9-7-17)26-22-12-10-20(27(30-2)31-32-16-33)14-19(22)4-3-5-24(26)23-13-11-21(28)15-25(23)29;1-4-6-7(3)5-2;1-2-3-4-5/h6-16H,3-5H2,1-2H3,(H,30,31);7H,4-6H2,1-3H3;2-4H2,1H3. The van der Waals surface area contributed by atoms with E-state index in [-0.39, 0.29) is 6.67 Å². The fourth-order valence-corrected chi connectivity index (χ4v) is 5.70. The lowest BCUT2D eigenvalue weighted by atomic mass is 9.87. The third-order valence-electron chi connectivity index (χ3n) is 7.81. The van der Waals surface area contributed by atoms with Crippen LogP contribution in [0.3, 0.4) is 0 Å². The first-order valence-corrected chi connectivity index (χ1v) is 17.2. The third kappa shape index (κ3) is 12.2. The first kappa shape index (κ1) is 38.5. The lowest BCUT2D eigenvalue weighted by molar-refractivity contribution is 0.269. The Bertz CT molecular complexity index is 1400. The van der Waals surface area contributed by atoms with E-state index in [0.29, 0.717) is 15.9 Å². The molecule has 3 aromatic rings. The number of rotatable bonds is 10. The molecular weight excluding hydrogens is 622 g/mol.